The zero-order valence-corrected chi connectivity index (χ0v) is 22.7. The van der Waals surface area contributed by atoms with Crippen molar-refractivity contribution in [3.8, 4) is 6.07 Å². The van der Waals surface area contributed by atoms with E-state index in [1.165, 1.54) is 24.0 Å². The molecule has 4 heteroatoms. The molecular weight excluding hydrogens is 454 g/mol. The number of hydrogen-bond acceptors (Lipinski definition) is 4. The summed E-state index contributed by atoms with van der Waals surface area (Å²) < 4.78 is 0. The third-order valence-electron chi connectivity index (χ3n) is 8.66. The van der Waals surface area contributed by atoms with Gasteiger partial charge in [0.15, 0.2) is 5.78 Å². The number of benzene rings is 2. The number of hydrogen-bond donors (Lipinski definition) is 1. The van der Waals surface area contributed by atoms with Gasteiger partial charge in [-0.05, 0) is 106 Å². The predicted molar refractivity (Wildman–Crippen MR) is 152 cm³/mol. The number of ketones is 1. The fraction of sp³-hybridized carbons (Fsp3) is 0.485. The van der Waals surface area contributed by atoms with Crippen molar-refractivity contribution >= 4 is 17.1 Å². The van der Waals surface area contributed by atoms with Crippen molar-refractivity contribution in [1.82, 2.24) is 4.90 Å². The number of carbonyl (C=O) groups excluding carboxylic acids is 1. The first-order valence-corrected chi connectivity index (χ1v) is 13.9. The van der Waals surface area contributed by atoms with Gasteiger partial charge >= 0.3 is 0 Å². The second-order valence-electron chi connectivity index (χ2n) is 11.2. The minimum Gasteiger partial charge on any atom is -0.310 e. The van der Waals surface area contributed by atoms with E-state index >= 15 is 0 Å². The van der Waals surface area contributed by atoms with Gasteiger partial charge in [0.2, 0.25) is 0 Å². The highest BCUT2D eigenvalue weighted by Gasteiger charge is 2.36. The quantitative estimate of drug-likeness (QED) is 0.301. The molecule has 0 spiro atoms. The number of likely N-dealkylation sites (tertiary alicyclic amines) is 1. The molecule has 0 aromatic heterocycles. The molecule has 1 N–H and O–H groups in total. The second kappa shape index (κ2) is 12.0. The van der Waals surface area contributed by atoms with Crippen molar-refractivity contribution in [2.24, 2.45) is 5.92 Å². The summed E-state index contributed by atoms with van der Waals surface area (Å²) in [6.07, 6.45) is 8.28. The van der Waals surface area contributed by atoms with Gasteiger partial charge < -0.3 is 5.41 Å². The third kappa shape index (κ3) is 6.28. The van der Waals surface area contributed by atoms with Crippen LogP contribution in [0.1, 0.15) is 104 Å². The highest BCUT2D eigenvalue weighted by atomic mass is 16.1. The van der Waals surface area contributed by atoms with Crippen LogP contribution in [0.5, 0.6) is 0 Å². The maximum atomic E-state index is 13.0. The molecular formula is C33H41N3O. The first-order chi connectivity index (χ1) is 17.8. The summed E-state index contributed by atoms with van der Waals surface area (Å²) in [6.45, 7) is 11.7. The molecule has 194 valence electrons. The minimum absolute atomic E-state index is 0.106. The lowest BCUT2D eigenvalue weighted by atomic mass is 9.77. The zero-order chi connectivity index (χ0) is 26.5. The number of carbonyl (C=O) groups is 1. The Hall–Kier alpha value is -3.03. The summed E-state index contributed by atoms with van der Waals surface area (Å²) in [5.74, 6) is 0.933. The highest BCUT2D eigenvalue weighted by Crippen LogP contribution is 2.39. The molecule has 1 aliphatic heterocycles. The Morgan fingerprint density at radius 3 is 2.35 bits per heavy atom. The van der Waals surface area contributed by atoms with Gasteiger partial charge in [0.05, 0.1) is 11.6 Å². The minimum atomic E-state index is 0.106. The smallest absolute Gasteiger partial charge is 0.165 e. The fourth-order valence-corrected chi connectivity index (χ4v) is 6.62. The Kier molecular flexibility index (Phi) is 8.77. The van der Waals surface area contributed by atoms with Crippen molar-refractivity contribution < 1.29 is 4.79 Å². The van der Waals surface area contributed by atoms with E-state index in [9.17, 15) is 4.79 Å². The maximum Gasteiger partial charge on any atom is 0.165 e. The van der Waals surface area contributed by atoms with E-state index in [4.69, 9.17) is 10.7 Å². The van der Waals surface area contributed by atoms with E-state index in [0.717, 1.165) is 55.3 Å². The molecule has 1 saturated heterocycles. The molecule has 2 fully saturated rings. The molecule has 4 nitrogen and oxygen atoms in total. The standard InChI is InChI=1S/C33H41N3O/c1-5-30-20-29(32-15-12-28(19-23(32)3)22(2)18-24(4)35)16-17-36(30)31-13-10-27(11-14-31)33(37)26-8-6-25(21-34)7-9-26/h6-9,12,15,19,27,29-31,35H,2,5,10-11,13-14,16-18,20H2,1,3-4H3/t27?,29?,30-,31?/m0/s1. The number of rotatable bonds is 8. The lowest BCUT2D eigenvalue weighted by molar-refractivity contribution is 0.0500. The van der Waals surface area contributed by atoms with Gasteiger partial charge in [0, 0.05) is 35.7 Å². The number of allylic oxidation sites excluding steroid dienone is 1. The Bertz CT molecular complexity index is 1180. The predicted octanol–water partition coefficient (Wildman–Crippen LogP) is 7.71. The molecule has 0 radical (unpaired) electrons. The fourth-order valence-electron chi connectivity index (χ4n) is 6.62. The molecule has 1 unspecified atom stereocenters. The maximum absolute atomic E-state index is 13.0. The van der Waals surface area contributed by atoms with Crippen molar-refractivity contribution in [2.75, 3.05) is 6.54 Å². The van der Waals surface area contributed by atoms with Crippen LogP contribution in [0, 0.1) is 29.6 Å². The molecule has 0 amide bonds. The van der Waals surface area contributed by atoms with Crippen LogP contribution in [0.4, 0.5) is 0 Å². The number of Topliss-reactive ketones (excluding diaryl/α,β-unsaturated/α-hetero) is 1. The number of aryl methyl sites for hydroxylation is 1. The van der Waals surface area contributed by atoms with Crippen molar-refractivity contribution in [1.29, 1.82) is 10.7 Å². The summed E-state index contributed by atoms with van der Waals surface area (Å²) in [5, 5.41) is 16.8. The van der Waals surface area contributed by atoms with Gasteiger partial charge in [-0.2, -0.15) is 5.26 Å². The monoisotopic (exact) mass is 495 g/mol. The molecule has 0 bridgehead atoms. The van der Waals surface area contributed by atoms with Gasteiger partial charge in [0.1, 0.15) is 0 Å². The second-order valence-corrected chi connectivity index (χ2v) is 11.2. The number of nitrogens with zero attached hydrogens (tertiary/aromatic N) is 2. The van der Waals surface area contributed by atoms with Crippen LogP contribution >= 0.6 is 0 Å². The molecule has 1 aliphatic carbocycles. The molecule has 2 atom stereocenters. The molecule has 1 saturated carbocycles. The van der Waals surface area contributed by atoms with Crippen LogP contribution in [-0.4, -0.2) is 35.0 Å². The molecule has 37 heavy (non-hydrogen) atoms. The molecule has 2 aromatic carbocycles. The van der Waals surface area contributed by atoms with Crippen LogP contribution in [0.2, 0.25) is 0 Å². The summed E-state index contributed by atoms with van der Waals surface area (Å²) in [5.41, 5.74) is 6.99. The van der Waals surface area contributed by atoms with Crippen molar-refractivity contribution in [3.05, 3.63) is 76.9 Å². The largest absolute Gasteiger partial charge is 0.310 e. The van der Waals surface area contributed by atoms with Crippen molar-refractivity contribution in [3.63, 3.8) is 0 Å². The Balaban J connectivity index is 1.35. The molecule has 2 aromatic rings. The summed E-state index contributed by atoms with van der Waals surface area (Å²) in [6, 6.07) is 17.2. The molecule has 4 rings (SSSR count). The Morgan fingerprint density at radius 1 is 1.08 bits per heavy atom. The molecule has 1 heterocycles. The van der Waals surface area contributed by atoms with Crippen LogP contribution in [-0.2, 0) is 0 Å². The van der Waals surface area contributed by atoms with E-state index in [2.05, 4.69) is 49.6 Å². The summed E-state index contributed by atoms with van der Waals surface area (Å²) in [4.78, 5) is 15.8. The zero-order valence-electron chi connectivity index (χ0n) is 22.7. The number of nitrogens with one attached hydrogen (secondary N) is 1. The Morgan fingerprint density at radius 2 is 1.76 bits per heavy atom. The first kappa shape index (κ1) is 27.0. The van der Waals surface area contributed by atoms with E-state index in [1.807, 2.05) is 19.1 Å². The lowest BCUT2D eigenvalue weighted by Gasteiger charge is -2.46. The van der Waals surface area contributed by atoms with E-state index in [-0.39, 0.29) is 11.7 Å². The van der Waals surface area contributed by atoms with Gasteiger partial charge in [-0.1, -0.05) is 43.8 Å². The normalized spacial score (nSPS) is 24.3. The third-order valence-corrected chi connectivity index (χ3v) is 8.66. The summed E-state index contributed by atoms with van der Waals surface area (Å²) >= 11 is 0. The van der Waals surface area contributed by atoms with Gasteiger partial charge in [0.25, 0.3) is 0 Å². The summed E-state index contributed by atoms with van der Waals surface area (Å²) in [7, 11) is 0. The Labute approximate surface area is 222 Å². The van der Waals surface area contributed by atoms with E-state index < -0.39 is 0 Å². The first-order valence-electron chi connectivity index (χ1n) is 13.9. The average Bonchev–Trinajstić information content (AvgIpc) is 2.92. The topological polar surface area (TPSA) is 68.0 Å². The van der Waals surface area contributed by atoms with E-state index in [1.54, 1.807) is 12.1 Å². The number of piperidine rings is 1. The molecule has 2 aliphatic rings. The highest BCUT2D eigenvalue weighted by molar-refractivity contribution is 5.98. The van der Waals surface area contributed by atoms with Crippen molar-refractivity contribution in [2.45, 2.75) is 90.1 Å². The van der Waals surface area contributed by atoms with Gasteiger partial charge in [-0.15, -0.1) is 0 Å². The van der Waals surface area contributed by atoms with Crippen LogP contribution in [0.3, 0.4) is 0 Å². The van der Waals surface area contributed by atoms with E-state index in [0.29, 0.717) is 35.7 Å². The van der Waals surface area contributed by atoms with Crippen LogP contribution in [0.25, 0.3) is 5.57 Å². The lowest BCUT2D eigenvalue weighted by Crippen LogP contribution is -2.49. The number of nitriles is 1. The van der Waals surface area contributed by atoms with Crippen LogP contribution in [0.15, 0.2) is 49.0 Å². The van der Waals surface area contributed by atoms with Gasteiger partial charge in [-0.3, -0.25) is 9.69 Å². The SMILES string of the molecule is C=C(CC(C)=N)c1ccc(C2CCN(C3CCC(C(=O)c4ccc(C#N)cc4)CC3)[C@@H](CC)C2)c(C)c1. The average molecular weight is 496 g/mol. The van der Waals surface area contributed by atoms with Gasteiger partial charge in [-0.25, -0.2) is 0 Å². The van der Waals surface area contributed by atoms with Crippen LogP contribution < -0.4 is 0 Å².